The van der Waals surface area contributed by atoms with Crippen LogP contribution >= 0.6 is 0 Å². The first-order valence-corrected chi connectivity index (χ1v) is 5.26. The first-order chi connectivity index (χ1) is 6.84. The summed E-state index contributed by atoms with van der Waals surface area (Å²) < 4.78 is 2.18. The molecule has 1 heterocycles. The minimum absolute atomic E-state index is 0.685. The second-order valence-electron chi connectivity index (χ2n) is 3.65. The standard InChI is InChI=1S/C11H20N2O/c1-13-9-6-8-11(13)7-4-2-3-5-10-14-12/h6,8-9H,2-5,7,10,12H2,1H3. The van der Waals surface area contributed by atoms with E-state index >= 15 is 0 Å². The van der Waals surface area contributed by atoms with Gasteiger partial charge in [0.15, 0.2) is 0 Å². The molecule has 0 aliphatic carbocycles. The van der Waals surface area contributed by atoms with Gasteiger partial charge in [0.25, 0.3) is 0 Å². The lowest BCUT2D eigenvalue weighted by Crippen LogP contribution is -2.00. The van der Waals surface area contributed by atoms with Crippen molar-refractivity contribution in [1.82, 2.24) is 4.57 Å². The first-order valence-electron chi connectivity index (χ1n) is 5.26. The summed E-state index contributed by atoms with van der Waals surface area (Å²) in [6, 6.07) is 4.28. The summed E-state index contributed by atoms with van der Waals surface area (Å²) in [5.74, 6) is 4.94. The molecule has 0 aromatic carbocycles. The lowest BCUT2D eigenvalue weighted by Gasteiger charge is -2.03. The molecule has 80 valence electrons. The average molecular weight is 196 g/mol. The molecule has 0 aliphatic rings. The van der Waals surface area contributed by atoms with Crippen LogP contribution in [0.25, 0.3) is 0 Å². The molecule has 0 fully saturated rings. The highest BCUT2D eigenvalue weighted by Crippen LogP contribution is 2.07. The first kappa shape index (κ1) is 11.3. The molecule has 0 bridgehead atoms. The SMILES string of the molecule is Cn1cccc1CCCCCCON. The number of aromatic nitrogens is 1. The fourth-order valence-electron chi connectivity index (χ4n) is 1.60. The van der Waals surface area contributed by atoms with Gasteiger partial charge < -0.3 is 9.40 Å². The zero-order chi connectivity index (χ0) is 10.2. The van der Waals surface area contributed by atoms with Gasteiger partial charge in [0, 0.05) is 18.9 Å². The number of hydrogen-bond acceptors (Lipinski definition) is 2. The third-order valence-electron chi connectivity index (χ3n) is 2.50. The van der Waals surface area contributed by atoms with E-state index in [4.69, 9.17) is 5.90 Å². The number of rotatable bonds is 7. The van der Waals surface area contributed by atoms with Crippen molar-refractivity contribution in [3.8, 4) is 0 Å². The zero-order valence-corrected chi connectivity index (χ0v) is 8.91. The maximum absolute atomic E-state index is 4.94. The molecular weight excluding hydrogens is 176 g/mol. The van der Waals surface area contributed by atoms with Gasteiger partial charge in [-0.05, 0) is 31.4 Å². The fraction of sp³-hybridized carbons (Fsp3) is 0.636. The Kier molecular flexibility index (Phi) is 5.33. The molecule has 0 atom stereocenters. The van der Waals surface area contributed by atoms with Crippen molar-refractivity contribution in [2.45, 2.75) is 32.1 Å². The smallest absolute Gasteiger partial charge is 0.0679 e. The molecule has 14 heavy (non-hydrogen) atoms. The highest BCUT2D eigenvalue weighted by Gasteiger charge is 1.96. The van der Waals surface area contributed by atoms with E-state index in [1.54, 1.807) is 0 Å². The van der Waals surface area contributed by atoms with Crippen LogP contribution < -0.4 is 5.90 Å². The minimum Gasteiger partial charge on any atom is -0.354 e. The van der Waals surface area contributed by atoms with Crippen molar-refractivity contribution < 1.29 is 4.84 Å². The molecule has 0 saturated heterocycles. The quantitative estimate of drug-likeness (QED) is 0.535. The van der Waals surface area contributed by atoms with Crippen LogP contribution in [0.4, 0.5) is 0 Å². The molecule has 1 aromatic heterocycles. The van der Waals surface area contributed by atoms with Crippen LogP contribution in [0.3, 0.4) is 0 Å². The summed E-state index contributed by atoms with van der Waals surface area (Å²) in [6.45, 7) is 0.685. The van der Waals surface area contributed by atoms with E-state index in [2.05, 4.69) is 34.8 Å². The summed E-state index contributed by atoms with van der Waals surface area (Å²) in [6.07, 6.45) is 8.06. The van der Waals surface area contributed by atoms with E-state index in [0.717, 1.165) is 6.42 Å². The van der Waals surface area contributed by atoms with Gasteiger partial charge in [-0.2, -0.15) is 0 Å². The van der Waals surface area contributed by atoms with E-state index in [9.17, 15) is 0 Å². The van der Waals surface area contributed by atoms with E-state index < -0.39 is 0 Å². The van der Waals surface area contributed by atoms with Crippen molar-refractivity contribution >= 4 is 0 Å². The van der Waals surface area contributed by atoms with Gasteiger partial charge in [-0.3, -0.25) is 0 Å². The second kappa shape index (κ2) is 6.62. The van der Waals surface area contributed by atoms with Gasteiger partial charge in [-0.15, -0.1) is 0 Å². The van der Waals surface area contributed by atoms with E-state index in [-0.39, 0.29) is 0 Å². The molecule has 2 N–H and O–H groups in total. The van der Waals surface area contributed by atoms with Gasteiger partial charge in [-0.25, -0.2) is 5.90 Å². The Morgan fingerprint density at radius 2 is 2.07 bits per heavy atom. The fourth-order valence-corrected chi connectivity index (χ4v) is 1.60. The number of aryl methyl sites for hydroxylation is 2. The average Bonchev–Trinajstić information content (AvgIpc) is 2.58. The summed E-state index contributed by atoms with van der Waals surface area (Å²) >= 11 is 0. The van der Waals surface area contributed by atoms with Crippen LogP contribution in [0.1, 0.15) is 31.4 Å². The summed E-state index contributed by atoms with van der Waals surface area (Å²) in [4.78, 5) is 4.51. The van der Waals surface area contributed by atoms with Crippen LogP contribution in [-0.4, -0.2) is 11.2 Å². The summed E-state index contributed by atoms with van der Waals surface area (Å²) in [7, 11) is 2.09. The van der Waals surface area contributed by atoms with Crippen LogP contribution in [0.5, 0.6) is 0 Å². The van der Waals surface area contributed by atoms with E-state index in [0.29, 0.717) is 6.61 Å². The Morgan fingerprint density at radius 1 is 1.29 bits per heavy atom. The summed E-state index contributed by atoms with van der Waals surface area (Å²) in [5.41, 5.74) is 1.42. The topological polar surface area (TPSA) is 40.2 Å². The number of nitrogens with two attached hydrogens (primary N) is 1. The van der Waals surface area contributed by atoms with Crippen LogP contribution in [0.15, 0.2) is 18.3 Å². The van der Waals surface area contributed by atoms with Crippen molar-refractivity contribution in [2.75, 3.05) is 6.61 Å². The van der Waals surface area contributed by atoms with E-state index in [1.165, 1.54) is 31.4 Å². The highest BCUT2D eigenvalue weighted by molar-refractivity contribution is 5.06. The molecular formula is C11H20N2O. The van der Waals surface area contributed by atoms with Crippen LogP contribution in [-0.2, 0) is 18.3 Å². The molecule has 0 spiro atoms. The van der Waals surface area contributed by atoms with Gasteiger partial charge in [-0.1, -0.05) is 12.8 Å². The largest absolute Gasteiger partial charge is 0.354 e. The summed E-state index contributed by atoms with van der Waals surface area (Å²) in [5, 5.41) is 0. The van der Waals surface area contributed by atoms with Crippen molar-refractivity contribution in [3.05, 3.63) is 24.0 Å². The number of unbranched alkanes of at least 4 members (excludes halogenated alkanes) is 3. The highest BCUT2D eigenvalue weighted by atomic mass is 16.6. The Balaban J connectivity index is 2.02. The molecule has 0 amide bonds. The molecule has 3 nitrogen and oxygen atoms in total. The lowest BCUT2D eigenvalue weighted by molar-refractivity contribution is 0.133. The molecule has 0 aliphatic heterocycles. The second-order valence-corrected chi connectivity index (χ2v) is 3.65. The van der Waals surface area contributed by atoms with Gasteiger partial charge in [0.1, 0.15) is 0 Å². The van der Waals surface area contributed by atoms with Gasteiger partial charge in [0.05, 0.1) is 6.61 Å². The Bertz CT molecular complexity index is 245. The maximum Gasteiger partial charge on any atom is 0.0679 e. The predicted molar refractivity (Wildman–Crippen MR) is 57.7 cm³/mol. The number of hydrogen-bond donors (Lipinski definition) is 1. The van der Waals surface area contributed by atoms with Crippen molar-refractivity contribution in [1.29, 1.82) is 0 Å². The van der Waals surface area contributed by atoms with Crippen molar-refractivity contribution in [3.63, 3.8) is 0 Å². The maximum atomic E-state index is 4.94. The molecule has 1 aromatic rings. The number of nitrogens with zero attached hydrogens (tertiary/aromatic N) is 1. The normalized spacial score (nSPS) is 10.7. The Labute approximate surface area is 85.8 Å². The van der Waals surface area contributed by atoms with Gasteiger partial charge >= 0.3 is 0 Å². The third kappa shape index (κ3) is 3.94. The molecule has 0 saturated carbocycles. The van der Waals surface area contributed by atoms with Crippen molar-refractivity contribution in [2.24, 2.45) is 12.9 Å². The van der Waals surface area contributed by atoms with E-state index in [1.807, 2.05) is 0 Å². The third-order valence-corrected chi connectivity index (χ3v) is 2.50. The molecule has 1 rings (SSSR count). The Hall–Kier alpha value is -0.800. The van der Waals surface area contributed by atoms with Gasteiger partial charge in [0.2, 0.25) is 0 Å². The zero-order valence-electron chi connectivity index (χ0n) is 8.91. The van der Waals surface area contributed by atoms with Crippen LogP contribution in [0.2, 0.25) is 0 Å². The molecule has 0 radical (unpaired) electrons. The lowest BCUT2D eigenvalue weighted by atomic mass is 10.1. The minimum atomic E-state index is 0.685. The van der Waals surface area contributed by atoms with Crippen LogP contribution in [0, 0.1) is 0 Å². The molecule has 3 heteroatoms. The predicted octanol–water partition coefficient (Wildman–Crippen LogP) is 2.02. The molecule has 0 unspecified atom stereocenters. The Morgan fingerprint density at radius 3 is 2.71 bits per heavy atom. The monoisotopic (exact) mass is 196 g/mol.